The lowest BCUT2D eigenvalue weighted by Crippen LogP contribution is -2.71. The number of hydrogen-bond acceptors (Lipinski definition) is 2. The van der Waals surface area contributed by atoms with E-state index in [1.807, 2.05) is 0 Å². The molecular weight excluding hydrogens is 342 g/mol. The second kappa shape index (κ2) is 4.39. The molecule has 1 atom stereocenters. The third kappa shape index (κ3) is 2.53. The first-order valence-electron chi connectivity index (χ1n) is 4.47. The predicted molar refractivity (Wildman–Crippen MR) is 39.3 cm³/mol. The molecule has 1 aliphatic heterocycles. The van der Waals surface area contributed by atoms with Crippen molar-refractivity contribution in [3.05, 3.63) is 0 Å². The van der Waals surface area contributed by atoms with Gasteiger partial charge in [-0.25, -0.2) is 9.38 Å². The fraction of sp³-hybridized carbons (Fsp3) is 0.857. The van der Waals surface area contributed by atoms with Gasteiger partial charge in [0.2, 0.25) is 0 Å². The van der Waals surface area contributed by atoms with E-state index in [2.05, 4.69) is 4.74 Å². The third-order valence-corrected chi connectivity index (χ3v) is 2.29. The van der Waals surface area contributed by atoms with E-state index >= 15 is 0 Å². The number of halogens is 12. The van der Waals surface area contributed by atoms with Gasteiger partial charge in [-0.1, -0.05) is 0 Å². The molecule has 0 aliphatic carbocycles. The van der Waals surface area contributed by atoms with Crippen LogP contribution in [0.2, 0.25) is 0 Å². The topological polar surface area (TPSA) is 21.6 Å². The number of alkyl halides is 12. The zero-order valence-corrected chi connectivity index (χ0v) is 8.97. The maximum atomic E-state index is 13.0. The minimum Gasteiger partial charge on any atom is -0.277 e. The first-order chi connectivity index (χ1) is 8.97. The monoisotopic (exact) mass is 343 g/mol. The van der Waals surface area contributed by atoms with Crippen molar-refractivity contribution in [2.75, 3.05) is 0 Å². The smallest absolute Gasteiger partial charge is 0.277 e. The van der Waals surface area contributed by atoms with Gasteiger partial charge in [0.15, 0.2) is 5.71 Å². The van der Waals surface area contributed by atoms with Crippen LogP contribution < -0.4 is 0 Å². The van der Waals surface area contributed by atoms with Gasteiger partial charge >= 0.3 is 30.2 Å². The van der Waals surface area contributed by atoms with Gasteiger partial charge < -0.3 is 0 Å². The summed E-state index contributed by atoms with van der Waals surface area (Å²) >= 11 is 0. The van der Waals surface area contributed by atoms with Gasteiger partial charge in [-0.2, -0.15) is 48.3 Å². The first-order valence-corrected chi connectivity index (χ1v) is 4.47. The van der Waals surface area contributed by atoms with Crippen LogP contribution in [0.1, 0.15) is 0 Å². The SMILES string of the molecule is FC1OC(F)(F)C(C(F)(F)F)(C(F)(F)F)N=C1C(F)(F)F. The molecule has 14 heteroatoms. The summed E-state index contributed by atoms with van der Waals surface area (Å²) in [5.41, 5.74) is -9.97. The summed E-state index contributed by atoms with van der Waals surface area (Å²) in [6, 6.07) is 0. The molecule has 0 saturated carbocycles. The van der Waals surface area contributed by atoms with Crippen LogP contribution in [-0.4, -0.2) is 42.2 Å². The molecule has 0 amide bonds. The molecule has 0 saturated heterocycles. The van der Waals surface area contributed by atoms with Crippen molar-refractivity contribution >= 4 is 5.71 Å². The maximum Gasteiger partial charge on any atom is 0.434 e. The Bertz CT molecular complexity index is 428. The normalized spacial score (nSPS) is 26.5. The Kier molecular flexibility index (Phi) is 3.73. The Morgan fingerprint density at radius 1 is 0.857 bits per heavy atom. The van der Waals surface area contributed by atoms with Crippen LogP contribution in [0.3, 0.4) is 0 Å². The molecule has 1 unspecified atom stereocenters. The van der Waals surface area contributed by atoms with Crippen LogP contribution >= 0.6 is 0 Å². The van der Waals surface area contributed by atoms with Gasteiger partial charge in [-0.05, 0) is 0 Å². The summed E-state index contributed by atoms with van der Waals surface area (Å²) in [7, 11) is 0. The molecule has 0 bridgehead atoms. The Morgan fingerprint density at radius 3 is 1.52 bits per heavy atom. The number of nitrogens with zero attached hydrogens (tertiary/aromatic N) is 1. The van der Waals surface area contributed by atoms with Crippen LogP contribution in [0.5, 0.6) is 0 Å². The molecule has 0 N–H and O–H groups in total. The average Bonchev–Trinajstić information content (AvgIpc) is 2.08. The number of rotatable bonds is 0. The highest BCUT2D eigenvalue weighted by Gasteiger charge is 2.86. The van der Waals surface area contributed by atoms with E-state index < -0.39 is 42.2 Å². The van der Waals surface area contributed by atoms with Crippen LogP contribution in [0.4, 0.5) is 52.7 Å². The first kappa shape index (κ1) is 17.8. The van der Waals surface area contributed by atoms with Gasteiger partial charge in [-0.15, -0.1) is 0 Å². The summed E-state index contributed by atoms with van der Waals surface area (Å²) in [6.07, 6.45) is -31.0. The summed E-state index contributed by atoms with van der Waals surface area (Å²) in [6.45, 7) is 0. The third-order valence-electron chi connectivity index (χ3n) is 2.29. The lowest BCUT2D eigenvalue weighted by atomic mass is 9.95. The van der Waals surface area contributed by atoms with Gasteiger partial charge in [0.25, 0.3) is 6.36 Å². The molecule has 0 aromatic carbocycles. The van der Waals surface area contributed by atoms with Gasteiger partial charge in [-0.3, -0.25) is 4.74 Å². The zero-order chi connectivity index (χ0) is 17.1. The Balaban J connectivity index is 3.77. The molecule has 1 aliphatic rings. The lowest BCUT2D eigenvalue weighted by molar-refractivity contribution is -0.424. The lowest BCUT2D eigenvalue weighted by Gasteiger charge is -2.42. The second-order valence-corrected chi connectivity index (χ2v) is 3.65. The van der Waals surface area contributed by atoms with Crippen LogP contribution in [0, 0.1) is 0 Å². The molecule has 0 radical (unpaired) electrons. The zero-order valence-electron chi connectivity index (χ0n) is 8.97. The standard InChI is InChI=1S/C7HF12NO/c8-2-1(3(9,10)11)20-4(5(12,13)14,6(15,16)17)7(18,19)21-2/h2H. The fourth-order valence-corrected chi connectivity index (χ4v) is 1.38. The molecule has 0 fully saturated rings. The maximum absolute atomic E-state index is 13.0. The average molecular weight is 343 g/mol. The quantitative estimate of drug-likeness (QED) is 0.614. The van der Waals surface area contributed by atoms with E-state index in [1.165, 1.54) is 0 Å². The molecular formula is C7HF12NO. The van der Waals surface area contributed by atoms with E-state index in [-0.39, 0.29) is 0 Å². The van der Waals surface area contributed by atoms with Crippen LogP contribution in [-0.2, 0) is 4.74 Å². The summed E-state index contributed by atoms with van der Waals surface area (Å²) in [4.78, 5) is 0.953. The van der Waals surface area contributed by atoms with Crippen LogP contribution in [0.15, 0.2) is 4.99 Å². The fourth-order valence-electron chi connectivity index (χ4n) is 1.38. The van der Waals surface area contributed by atoms with Gasteiger partial charge in [0.1, 0.15) is 0 Å². The highest BCUT2D eigenvalue weighted by atomic mass is 19.4. The van der Waals surface area contributed by atoms with Crippen molar-refractivity contribution in [2.24, 2.45) is 4.99 Å². The largest absolute Gasteiger partial charge is 0.434 e. The van der Waals surface area contributed by atoms with Crippen LogP contribution in [0.25, 0.3) is 0 Å². The van der Waals surface area contributed by atoms with Gasteiger partial charge in [0, 0.05) is 0 Å². The molecule has 0 aromatic rings. The van der Waals surface area contributed by atoms with E-state index in [9.17, 15) is 52.7 Å². The summed E-state index contributed by atoms with van der Waals surface area (Å²) in [5, 5.41) is 0. The molecule has 2 nitrogen and oxygen atoms in total. The Morgan fingerprint density at radius 2 is 1.24 bits per heavy atom. The van der Waals surface area contributed by atoms with Crippen molar-refractivity contribution in [2.45, 2.75) is 36.5 Å². The Labute approximate surface area is 106 Å². The van der Waals surface area contributed by atoms with Crippen molar-refractivity contribution in [1.29, 1.82) is 0 Å². The highest BCUT2D eigenvalue weighted by Crippen LogP contribution is 2.57. The molecule has 1 rings (SSSR count). The van der Waals surface area contributed by atoms with E-state index in [0.717, 1.165) is 4.99 Å². The predicted octanol–water partition coefficient (Wildman–Crippen LogP) is 3.77. The van der Waals surface area contributed by atoms with E-state index in [0.29, 0.717) is 0 Å². The van der Waals surface area contributed by atoms with Gasteiger partial charge in [0.05, 0.1) is 0 Å². The van der Waals surface area contributed by atoms with Crippen molar-refractivity contribution in [3.63, 3.8) is 0 Å². The minimum atomic E-state index is -7.04. The minimum absolute atomic E-state index is 0.953. The van der Waals surface area contributed by atoms with Crippen molar-refractivity contribution < 1.29 is 57.4 Å². The molecule has 1 heterocycles. The Hall–Kier alpha value is -1.21. The molecule has 0 spiro atoms. The highest BCUT2D eigenvalue weighted by molar-refractivity contribution is 5.93. The number of aliphatic imine (C=N–C) groups is 1. The second-order valence-electron chi connectivity index (χ2n) is 3.65. The molecule has 21 heavy (non-hydrogen) atoms. The van der Waals surface area contributed by atoms with Crippen molar-refractivity contribution in [3.8, 4) is 0 Å². The summed E-state index contributed by atoms with van der Waals surface area (Å²) in [5.74, 6) is 0. The number of hydrogen-bond donors (Lipinski definition) is 0. The summed E-state index contributed by atoms with van der Waals surface area (Å²) < 4.78 is 152. The van der Waals surface area contributed by atoms with E-state index in [1.54, 1.807) is 0 Å². The van der Waals surface area contributed by atoms with E-state index in [4.69, 9.17) is 0 Å². The number of ether oxygens (including phenoxy) is 1. The van der Waals surface area contributed by atoms with Crippen molar-refractivity contribution in [1.82, 2.24) is 0 Å². The molecule has 124 valence electrons. The molecule has 0 aromatic heterocycles.